The first-order valence-corrected chi connectivity index (χ1v) is 5.49. The molecule has 19 heavy (non-hydrogen) atoms. The maximum Gasteiger partial charge on any atom is 0.203 e. The van der Waals surface area contributed by atoms with Crippen LogP contribution in [0.4, 0.5) is 0 Å². The van der Waals surface area contributed by atoms with Crippen LogP contribution in [0.5, 0.6) is 17.2 Å². The van der Waals surface area contributed by atoms with Gasteiger partial charge in [-0.05, 0) is 12.1 Å². The smallest absolute Gasteiger partial charge is 0.203 e. The van der Waals surface area contributed by atoms with E-state index in [1.165, 1.54) is 6.20 Å². The average Bonchev–Trinajstić information content (AvgIpc) is 2.94. The first-order chi connectivity index (χ1) is 9.23. The number of hydrogen-bond acceptors (Lipinski definition) is 5. The molecule has 6 nitrogen and oxygen atoms in total. The van der Waals surface area contributed by atoms with Gasteiger partial charge < -0.3 is 19.2 Å². The molecule has 0 aliphatic rings. The maximum absolute atomic E-state index is 8.79. The van der Waals surface area contributed by atoms with Crippen LogP contribution in [0, 0.1) is 11.3 Å². The monoisotopic (exact) mass is 259 g/mol. The zero-order valence-corrected chi connectivity index (χ0v) is 10.9. The third kappa shape index (κ3) is 2.31. The fraction of sp³-hybridized carbons (Fsp3) is 0.231. The van der Waals surface area contributed by atoms with Gasteiger partial charge in [0.2, 0.25) is 5.75 Å². The summed E-state index contributed by atoms with van der Waals surface area (Å²) in [5.41, 5.74) is 1.14. The first kappa shape index (κ1) is 12.8. The fourth-order valence-electron chi connectivity index (χ4n) is 1.74. The number of methoxy groups -OCH3 is 3. The quantitative estimate of drug-likeness (QED) is 0.908. The van der Waals surface area contributed by atoms with Gasteiger partial charge in [-0.15, -0.1) is 0 Å². The van der Waals surface area contributed by atoms with Gasteiger partial charge in [0.25, 0.3) is 0 Å². The predicted molar refractivity (Wildman–Crippen MR) is 68.4 cm³/mol. The highest BCUT2D eigenvalue weighted by molar-refractivity contribution is 5.67. The largest absolute Gasteiger partial charge is 0.493 e. The highest BCUT2D eigenvalue weighted by atomic mass is 16.5. The third-order valence-corrected chi connectivity index (χ3v) is 2.63. The lowest BCUT2D eigenvalue weighted by Gasteiger charge is -2.13. The van der Waals surface area contributed by atoms with E-state index in [0.29, 0.717) is 28.8 Å². The number of hydrogen-bond donors (Lipinski definition) is 1. The van der Waals surface area contributed by atoms with Gasteiger partial charge in [0.1, 0.15) is 17.6 Å². The molecule has 0 unspecified atom stereocenters. The standard InChI is InChI=1S/C13H13N3O3/c1-17-10-4-8(5-11(18-2)12(10)19-3)13-15-7-9(6-14)16-13/h4-5,7H,1-3H3,(H,15,16). The molecule has 0 aliphatic carbocycles. The SMILES string of the molecule is COc1cc(-c2ncc(C#N)[nH]2)cc(OC)c1OC. The molecule has 0 aliphatic heterocycles. The van der Waals surface area contributed by atoms with E-state index >= 15 is 0 Å². The second-order valence-corrected chi connectivity index (χ2v) is 3.67. The number of nitriles is 1. The van der Waals surface area contributed by atoms with Crippen LogP contribution in [0.1, 0.15) is 5.69 Å². The summed E-state index contributed by atoms with van der Waals surface area (Å²) in [6, 6.07) is 5.52. The Balaban J connectivity index is 2.55. The van der Waals surface area contributed by atoms with E-state index in [-0.39, 0.29) is 0 Å². The van der Waals surface area contributed by atoms with Crippen molar-refractivity contribution < 1.29 is 14.2 Å². The van der Waals surface area contributed by atoms with Crippen LogP contribution in [-0.4, -0.2) is 31.3 Å². The van der Waals surface area contributed by atoms with Crippen LogP contribution in [0.25, 0.3) is 11.4 Å². The number of H-pyrrole nitrogens is 1. The van der Waals surface area contributed by atoms with E-state index < -0.39 is 0 Å². The van der Waals surface area contributed by atoms with Crippen molar-refractivity contribution in [1.82, 2.24) is 9.97 Å². The van der Waals surface area contributed by atoms with E-state index in [4.69, 9.17) is 19.5 Å². The average molecular weight is 259 g/mol. The first-order valence-electron chi connectivity index (χ1n) is 5.49. The van der Waals surface area contributed by atoms with Gasteiger partial charge in [0.15, 0.2) is 11.5 Å². The minimum atomic E-state index is 0.392. The highest BCUT2D eigenvalue weighted by Gasteiger charge is 2.15. The number of aromatic amines is 1. The number of ether oxygens (including phenoxy) is 3. The van der Waals surface area contributed by atoms with E-state index in [1.807, 2.05) is 6.07 Å². The van der Waals surface area contributed by atoms with Crippen LogP contribution in [0.2, 0.25) is 0 Å². The van der Waals surface area contributed by atoms with Crippen molar-refractivity contribution in [3.63, 3.8) is 0 Å². The lowest BCUT2D eigenvalue weighted by molar-refractivity contribution is 0.324. The van der Waals surface area contributed by atoms with Crippen molar-refractivity contribution in [2.75, 3.05) is 21.3 Å². The van der Waals surface area contributed by atoms with Crippen molar-refractivity contribution in [3.8, 4) is 34.7 Å². The highest BCUT2D eigenvalue weighted by Crippen LogP contribution is 2.40. The Morgan fingerprint density at radius 2 is 1.74 bits per heavy atom. The Kier molecular flexibility index (Phi) is 3.57. The zero-order valence-electron chi connectivity index (χ0n) is 10.9. The molecule has 0 saturated heterocycles. The number of nitrogens with zero attached hydrogens (tertiary/aromatic N) is 2. The molecule has 0 radical (unpaired) electrons. The molecule has 0 bridgehead atoms. The minimum Gasteiger partial charge on any atom is -0.493 e. The van der Waals surface area contributed by atoms with E-state index in [9.17, 15) is 0 Å². The summed E-state index contributed by atoms with van der Waals surface area (Å²) >= 11 is 0. The molecule has 1 heterocycles. The summed E-state index contributed by atoms with van der Waals surface area (Å²) in [5, 5.41) is 8.79. The summed E-state index contributed by atoms with van der Waals surface area (Å²) < 4.78 is 15.8. The second-order valence-electron chi connectivity index (χ2n) is 3.67. The van der Waals surface area contributed by atoms with Crippen LogP contribution in [0.15, 0.2) is 18.3 Å². The van der Waals surface area contributed by atoms with Crippen LogP contribution < -0.4 is 14.2 Å². The summed E-state index contributed by atoms with van der Waals surface area (Å²) in [5.74, 6) is 2.15. The molecule has 0 atom stereocenters. The number of aromatic nitrogens is 2. The third-order valence-electron chi connectivity index (χ3n) is 2.63. The Hall–Kier alpha value is -2.68. The lowest BCUT2D eigenvalue weighted by atomic mass is 10.1. The van der Waals surface area contributed by atoms with Crippen molar-refractivity contribution in [3.05, 3.63) is 24.0 Å². The van der Waals surface area contributed by atoms with Gasteiger partial charge in [-0.2, -0.15) is 5.26 Å². The van der Waals surface area contributed by atoms with Crippen molar-refractivity contribution >= 4 is 0 Å². The molecule has 6 heteroatoms. The van der Waals surface area contributed by atoms with Gasteiger partial charge in [-0.25, -0.2) is 4.98 Å². The predicted octanol–water partition coefficient (Wildman–Crippen LogP) is 1.97. The molecule has 0 fully saturated rings. The van der Waals surface area contributed by atoms with Gasteiger partial charge in [0.05, 0.1) is 27.5 Å². The molecule has 1 aromatic carbocycles. The summed E-state index contributed by atoms with van der Waals surface area (Å²) in [6.07, 6.45) is 1.47. The molecule has 1 N–H and O–H groups in total. The molecule has 0 saturated carbocycles. The van der Waals surface area contributed by atoms with E-state index in [0.717, 1.165) is 5.56 Å². The molecular formula is C13H13N3O3. The molecule has 2 rings (SSSR count). The van der Waals surface area contributed by atoms with Gasteiger partial charge in [0, 0.05) is 5.56 Å². The molecule has 1 aromatic heterocycles. The molecular weight excluding hydrogens is 246 g/mol. The number of benzene rings is 1. The van der Waals surface area contributed by atoms with Gasteiger partial charge in [-0.3, -0.25) is 0 Å². The summed E-state index contributed by atoms with van der Waals surface area (Å²) in [6.45, 7) is 0. The fourth-order valence-corrected chi connectivity index (χ4v) is 1.74. The van der Waals surface area contributed by atoms with E-state index in [1.54, 1.807) is 33.5 Å². The molecule has 2 aromatic rings. The Morgan fingerprint density at radius 1 is 1.11 bits per heavy atom. The zero-order chi connectivity index (χ0) is 13.8. The van der Waals surface area contributed by atoms with Crippen LogP contribution >= 0.6 is 0 Å². The molecule has 0 amide bonds. The second kappa shape index (κ2) is 5.31. The number of imidazole rings is 1. The number of nitrogens with one attached hydrogen (secondary N) is 1. The molecule has 98 valence electrons. The normalized spacial score (nSPS) is 9.79. The van der Waals surface area contributed by atoms with Crippen LogP contribution in [-0.2, 0) is 0 Å². The lowest BCUT2D eigenvalue weighted by Crippen LogP contribution is -1.96. The Bertz CT molecular complexity index is 603. The van der Waals surface area contributed by atoms with Crippen molar-refractivity contribution in [2.45, 2.75) is 0 Å². The Labute approximate surface area is 110 Å². The Morgan fingerprint density at radius 3 is 2.16 bits per heavy atom. The van der Waals surface area contributed by atoms with Gasteiger partial charge >= 0.3 is 0 Å². The van der Waals surface area contributed by atoms with Crippen molar-refractivity contribution in [2.24, 2.45) is 0 Å². The van der Waals surface area contributed by atoms with Crippen LogP contribution in [0.3, 0.4) is 0 Å². The molecule has 0 spiro atoms. The topological polar surface area (TPSA) is 80.2 Å². The van der Waals surface area contributed by atoms with E-state index in [2.05, 4.69) is 9.97 Å². The van der Waals surface area contributed by atoms with Crippen molar-refractivity contribution in [1.29, 1.82) is 5.26 Å². The minimum absolute atomic E-state index is 0.392. The summed E-state index contributed by atoms with van der Waals surface area (Å²) in [7, 11) is 4.63. The summed E-state index contributed by atoms with van der Waals surface area (Å²) in [4.78, 5) is 7.03. The van der Waals surface area contributed by atoms with Gasteiger partial charge in [-0.1, -0.05) is 0 Å². The maximum atomic E-state index is 8.79. The number of rotatable bonds is 4.